The van der Waals surface area contributed by atoms with Crippen LogP contribution >= 0.6 is 0 Å². The summed E-state index contributed by atoms with van der Waals surface area (Å²) in [4.78, 5) is 0. The average molecular weight is 306 g/mol. The van der Waals surface area contributed by atoms with Gasteiger partial charge in [-0.25, -0.2) is 0 Å². The van der Waals surface area contributed by atoms with Gasteiger partial charge in [-0.05, 0) is 39.5 Å². The molecule has 0 spiro atoms. The van der Waals surface area contributed by atoms with Crippen molar-refractivity contribution in [1.82, 2.24) is 0 Å². The molecule has 0 unspecified atom stereocenters. The average Bonchev–Trinajstić information content (AvgIpc) is 2.06. The third-order valence-corrected chi connectivity index (χ3v) is 2.72. The second-order valence-corrected chi connectivity index (χ2v) is 4.65. The van der Waals surface area contributed by atoms with E-state index < -0.39 is 0 Å². The zero-order valence-corrected chi connectivity index (χ0v) is 13.9. The van der Waals surface area contributed by atoms with Gasteiger partial charge in [-0.2, -0.15) is 0 Å². The molecule has 5 nitrogen and oxygen atoms in total. The van der Waals surface area contributed by atoms with Gasteiger partial charge >= 0.3 is 0 Å². The van der Waals surface area contributed by atoms with Crippen LogP contribution in [0.4, 0.5) is 0 Å². The normalized spacial score (nSPS) is 20.3. The molecule has 0 N–H and O–H groups in total. The van der Waals surface area contributed by atoms with E-state index in [1.54, 1.807) is 0 Å². The van der Waals surface area contributed by atoms with E-state index in [0.29, 0.717) is 0 Å². The Hall–Kier alpha value is -0.200. The van der Waals surface area contributed by atoms with Crippen LogP contribution in [-0.4, -0.2) is 66.1 Å². The summed E-state index contributed by atoms with van der Waals surface area (Å²) in [5, 5.41) is 0. The van der Waals surface area contributed by atoms with E-state index >= 15 is 0 Å². The van der Waals surface area contributed by atoms with Crippen LogP contribution in [0, 0.1) is 0 Å². The lowest BCUT2D eigenvalue weighted by molar-refractivity contribution is 0.0366. The summed E-state index contributed by atoms with van der Waals surface area (Å²) in [6.07, 6.45) is 5.11. The Bertz CT molecular complexity index is 112. The van der Waals surface area contributed by atoms with Crippen molar-refractivity contribution in [2.75, 3.05) is 66.1 Å². The Labute approximate surface area is 130 Å². The summed E-state index contributed by atoms with van der Waals surface area (Å²) >= 11 is 0. The summed E-state index contributed by atoms with van der Waals surface area (Å²) in [5.74, 6) is 0. The maximum Gasteiger partial charge on any atom is 0.0488 e. The molecule has 4 heterocycles. The molecule has 0 aromatic rings. The van der Waals surface area contributed by atoms with Crippen LogP contribution in [0.5, 0.6) is 0 Å². The maximum absolute atomic E-state index is 4.83. The van der Waals surface area contributed by atoms with E-state index in [0.717, 1.165) is 66.1 Å². The Morgan fingerprint density at radius 3 is 0.667 bits per heavy atom. The predicted octanol–water partition coefficient (Wildman–Crippen LogP) is 2.67. The zero-order chi connectivity index (χ0) is 15.4. The van der Waals surface area contributed by atoms with Gasteiger partial charge in [0, 0.05) is 66.1 Å². The maximum atomic E-state index is 4.83. The van der Waals surface area contributed by atoms with E-state index in [2.05, 4.69) is 0 Å². The SMILES string of the molecule is C1COC1.C1COC1.C1COC1.C1COC1.CCOCC. The largest absolute Gasteiger partial charge is 0.382 e. The molecule has 0 radical (unpaired) electrons. The molecule has 0 amide bonds. The second-order valence-electron chi connectivity index (χ2n) is 4.65. The highest BCUT2D eigenvalue weighted by Crippen LogP contribution is 1.94. The second kappa shape index (κ2) is 19.8. The topological polar surface area (TPSA) is 46.2 Å². The van der Waals surface area contributed by atoms with Crippen LogP contribution in [0.25, 0.3) is 0 Å². The minimum atomic E-state index is 0.844. The molecule has 4 rings (SSSR count). The molecule has 4 aliphatic rings. The van der Waals surface area contributed by atoms with Crippen molar-refractivity contribution in [3.8, 4) is 0 Å². The van der Waals surface area contributed by atoms with Crippen LogP contribution in [0.15, 0.2) is 0 Å². The molecule has 0 aromatic carbocycles. The van der Waals surface area contributed by atoms with E-state index in [1.807, 2.05) is 13.8 Å². The summed E-state index contributed by atoms with van der Waals surface area (Å²) in [5.41, 5.74) is 0. The zero-order valence-electron chi connectivity index (χ0n) is 13.9. The van der Waals surface area contributed by atoms with Gasteiger partial charge < -0.3 is 23.7 Å². The Kier molecular flexibility index (Phi) is 19.6. The fraction of sp³-hybridized carbons (Fsp3) is 1.00. The van der Waals surface area contributed by atoms with Crippen molar-refractivity contribution < 1.29 is 23.7 Å². The molecule has 4 saturated heterocycles. The van der Waals surface area contributed by atoms with Gasteiger partial charge in [-0.1, -0.05) is 0 Å². The fourth-order valence-electron chi connectivity index (χ4n) is 0.781. The molecular weight excluding hydrogens is 272 g/mol. The van der Waals surface area contributed by atoms with Gasteiger partial charge in [0.15, 0.2) is 0 Å². The van der Waals surface area contributed by atoms with E-state index in [9.17, 15) is 0 Å². The van der Waals surface area contributed by atoms with Gasteiger partial charge in [-0.3, -0.25) is 0 Å². The monoisotopic (exact) mass is 306 g/mol. The first kappa shape index (κ1) is 20.8. The minimum Gasteiger partial charge on any atom is -0.382 e. The first-order chi connectivity index (χ1) is 10.4. The van der Waals surface area contributed by atoms with Crippen molar-refractivity contribution in [2.24, 2.45) is 0 Å². The molecule has 0 aromatic heterocycles. The van der Waals surface area contributed by atoms with Crippen LogP contribution in [-0.2, 0) is 23.7 Å². The first-order valence-corrected chi connectivity index (χ1v) is 8.30. The standard InChI is InChI=1S/C4H10O.4C3H6O/c1-3-5-4-2;4*1-2-4-3-1/h3-4H2,1-2H3;4*1-3H2. The summed E-state index contributed by atoms with van der Waals surface area (Å²) in [7, 11) is 0. The lowest BCUT2D eigenvalue weighted by atomic mass is 10.4. The summed E-state index contributed by atoms with van der Waals surface area (Å²) < 4.78 is 23.7. The number of ether oxygens (including phenoxy) is 5. The van der Waals surface area contributed by atoms with Crippen LogP contribution in [0.3, 0.4) is 0 Å². The van der Waals surface area contributed by atoms with Crippen molar-refractivity contribution in [1.29, 1.82) is 0 Å². The van der Waals surface area contributed by atoms with Crippen LogP contribution < -0.4 is 0 Å². The van der Waals surface area contributed by atoms with Gasteiger partial charge in [0.05, 0.1) is 0 Å². The lowest BCUT2D eigenvalue weighted by Crippen LogP contribution is -2.09. The number of hydrogen-bond acceptors (Lipinski definition) is 5. The molecule has 5 heteroatoms. The molecule has 21 heavy (non-hydrogen) atoms. The van der Waals surface area contributed by atoms with Crippen molar-refractivity contribution in [2.45, 2.75) is 39.5 Å². The first-order valence-electron chi connectivity index (χ1n) is 8.30. The predicted molar refractivity (Wildman–Crippen MR) is 83.9 cm³/mol. The van der Waals surface area contributed by atoms with E-state index in [1.165, 1.54) is 25.7 Å². The van der Waals surface area contributed by atoms with Crippen molar-refractivity contribution in [3.63, 3.8) is 0 Å². The van der Waals surface area contributed by atoms with Gasteiger partial charge in [0.25, 0.3) is 0 Å². The molecule has 0 aliphatic carbocycles. The van der Waals surface area contributed by atoms with Gasteiger partial charge in [-0.15, -0.1) is 0 Å². The van der Waals surface area contributed by atoms with Crippen LogP contribution in [0.2, 0.25) is 0 Å². The van der Waals surface area contributed by atoms with E-state index in [-0.39, 0.29) is 0 Å². The van der Waals surface area contributed by atoms with Crippen molar-refractivity contribution >= 4 is 0 Å². The Morgan fingerprint density at radius 1 is 0.524 bits per heavy atom. The molecule has 0 saturated carbocycles. The lowest BCUT2D eigenvalue weighted by Gasteiger charge is -2.09. The van der Waals surface area contributed by atoms with E-state index in [4.69, 9.17) is 23.7 Å². The highest BCUT2D eigenvalue weighted by molar-refractivity contribution is 4.42. The minimum absolute atomic E-state index is 0.844. The highest BCUT2D eigenvalue weighted by Gasteiger charge is 1.95. The molecule has 128 valence electrons. The van der Waals surface area contributed by atoms with Crippen LogP contribution in [0.1, 0.15) is 39.5 Å². The molecule has 4 aliphatic heterocycles. The summed E-state index contributed by atoms with van der Waals surface area (Å²) in [6.45, 7) is 13.7. The fourth-order valence-corrected chi connectivity index (χ4v) is 0.781. The van der Waals surface area contributed by atoms with Gasteiger partial charge in [0.1, 0.15) is 0 Å². The van der Waals surface area contributed by atoms with Gasteiger partial charge in [0.2, 0.25) is 0 Å². The number of hydrogen-bond donors (Lipinski definition) is 0. The smallest absolute Gasteiger partial charge is 0.0488 e. The molecule has 0 bridgehead atoms. The highest BCUT2D eigenvalue weighted by atomic mass is 16.5. The summed E-state index contributed by atoms with van der Waals surface area (Å²) in [6, 6.07) is 0. The molecule has 0 atom stereocenters. The Morgan fingerprint density at radius 2 is 0.667 bits per heavy atom. The molecule has 4 fully saturated rings. The van der Waals surface area contributed by atoms with Crippen molar-refractivity contribution in [3.05, 3.63) is 0 Å². The third kappa shape index (κ3) is 19.8. The quantitative estimate of drug-likeness (QED) is 0.785. The third-order valence-electron chi connectivity index (χ3n) is 2.72. The number of rotatable bonds is 2. The molecular formula is C16H34O5. The Balaban J connectivity index is 0.000000238.